The molecule has 8 rings (SSSR count). The molecule has 20 heteroatoms. The number of likely N-dealkylation sites (tertiary alicyclic amines) is 2. The molecule has 0 bridgehead atoms. The smallest absolute Gasteiger partial charge is 0.249 e. The van der Waals surface area contributed by atoms with Crippen LogP contribution in [-0.4, -0.2) is 151 Å². The van der Waals surface area contributed by atoms with E-state index < -0.39 is 51.7 Å². The molecular formula is C42H63N7O11S2. The van der Waals surface area contributed by atoms with Gasteiger partial charge in [0.05, 0.1) is 42.8 Å². The van der Waals surface area contributed by atoms with Crippen LogP contribution in [0.4, 0.5) is 0 Å². The topological polar surface area (TPSA) is 230 Å². The second-order valence-electron chi connectivity index (χ2n) is 19.0. The number of imide groups is 2. The molecule has 0 aromatic carbocycles. The summed E-state index contributed by atoms with van der Waals surface area (Å²) in [5.41, 5.74) is -0.272. The highest BCUT2D eigenvalue weighted by Crippen LogP contribution is 2.42. The summed E-state index contributed by atoms with van der Waals surface area (Å²) in [6.45, 7) is 1.64. The van der Waals surface area contributed by atoms with E-state index in [1.54, 1.807) is 11.8 Å². The lowest BCUT2D eigenvalue weighted by Gasteiger charge is -2.44. The van der Waals surface area contributed by atoms with Crippen molar-refractivity contribution in [2.75, 3.05) is 51.4 Å². The quantitative estimate of drug-likeness (QED) is 0.174. The maximum atomic E-state index is 13.7. The largest absolute Gasteiger partial charge is 0.378 e. The molecule has 5 heterocycles. The van der Waals surface area contributed by atoms with Crippen LogP contribution in [0.3, 0.4) is 0 Å². The standard InChI is InChI=1S/C42H63N7O11S2/c1-62(57,58)48-16-15-27(18-48)36(51)43-32(37(52)46-42-44-33(23-61-42)25-5-3-2-4-6-25)22-59-21-24-7-9-26(10-8-24)39(54)47-19-29(20-47)60-28-11-12-30-31(17-28)41(56)49(40(30)55)34-13-14-35(50)45-38(34)53/h24-34,42,44H,2-23H2,1H3,(H,43,51)(H,46,52)(H,45,50,53)/t24?,26?,27?,28?,30?,31?,32-,33?,34?,42?/m0/s1. The van der Waals surface area contributed by atoms with Gasteiger partial charge in [0.15, 0.2) is 0 Å². The highest BCUT2D eigenvalue weighted by molar-refractivity contribution is 8.00. The molecule has 62 heavy (non-hydrogen) atoms. The van der Waals surface area contributed by atoms with Gasteiger partial charge >= 0.3 is 0 Å². The van der Waals surface area contributed by atoms with Gasteiger partial charge in [0.25, 0.3) is 0 Å². The molecule has 0 radical (unpaired) electrons. The summed E-state index contributed by atoms with van der Waals surface area (Å²) in [4.78, 5) is 94.0. The monoisotopic (exact) mass is 905 g/mol. The van der Waals surface area contributed by atoms with Gasteiger partial charge in [-0.2, -0.15) is 0 Å². The van der Waals surface area contributed by atoms with Crippen molar-refractivity contribution in [2.24, 2.45) is 35.5 Å². The Morgan fingerprint density at radius 3 is 2.31 bits per heavy atom. The fourth-order valence-electron chi connectivity index (χ4n) is 11.0. The van der Waals surface area contributed by atoms with Crippen LogP contribution in [0.15, 0.2) is 0 Å². The maximum absolute atomic E-state index is 13.7. The minimum absolute atomic E-state index is 0.0253. The predicted octanol–water partition coefficient (Wildman–Crippen LogP) is 0.447. The van der Waals surface area contributed by atoms with Crippen molar-refractivity contribution in [2.45, 2.75) is 132 Å². The lowest BCUT2D eigenvalue weighted by atomic mass is 9.79. The Morgan fingerprint density at radius 2 is 1.60 bits per heavy atom. The van der Waals surface area contributed by atoms with Crippen LogP contribution in [0.1, 0.15) is 96.3 Å². The first-order valence-electron chi connectivity index (χ1n) is 22.9. The van der Waals surface area contributed by atoms with E-state index in [-0.39, 0.29) is 91.6 Å². The summed E-state index contributed by atoms with van der Waals surface area (Å²) in [5.74, 6) is -2.30. The van der Waals surface area contributed by atoms with Crippen LogP contribution in [0.5, 0.6) is 0 Å². The SMILES string of the molecule is CS(=O)(=O)N1CCC(C(=O)N[C@@H](COCC2CCC(C(=O)N3CC(OC4CCC5C(=O)N(C6CCC(=O)NC6=O)C(=O)C5C4)C3)CC2)C(=O)NC2NC(C3CCCCC3)CS2)C1. The van der Waals surface area contributed by atoms with Crippen LogP contribution in [0.25, 0.3) is 0 Å². The fraction of sp³-hybridized carbons (Fsp3) is 0.833. The maximum Gasteiger partial charge on any atom is 0.249 e. The molecule has 18 nitrogen and oxygen atoms in total. The minimum atomic E-state index is -3.43. The third kappa shape index (κ3) is 10.3. The van der Waals surface area contributed by atoms with Gasteiger partial charge in [0.2, 0.25) is 51.4 Å². The average molecular weight is 906 g/mol. The second kappa shape index (κ2) is 19.5. The highest BCUT2D eigenvalue weighted by atomic mass is 32.2. The van der Waals surface area contributed by atoms with Crippen molar-refractivity contribution >= 4 is 63.1 Å². The van der Waals surface area contributed by atoms with Gasteiger partial charge in [0, 0.05) is 56.9 Å². The molecule has 0 aromatic heterocycles. The lowest BCUT2D eigenvalue weighted by molar-refractivity contribution is -0.159. The van der Waals surface area contributed by atoms with E-state index in [0.717, 1.165) is 29.8 Å². The molecule has 4 N–H and O–H groups in total. The number of rotatable bonds is 14. The van der Waals surface area contributed by atoms with Crippen molar-refractivity contribution in [3.63, 3.8) is 0 Å². The molecule has 3 aliphatic carbocycles. The number of piperidine rings is 1. The Kier molecular flexibility index (Phi) is 14.3. The van der Waals surface area contributed by atoms with Crippen LogP contribution in [0.2, 0.25) is 0 Å². The van der Waals surface area contributed by atoms with Gasteiger partial charge in [-0.05, 0) is 82.5 Å². The van der Waals surface area contributed by atoms with Crippen molar-refractivity contribution < 1.29 is 51.5 Å². The van der Waals surface area contributed by atoms with Gasteiger partial charge in [-0.3, -0.25) is 49.1 Å². The average Bonchev–Trinajstić information content (AvgIpc) is 3.99. The van der Waals surface area contributed by atoms with Gasteiger partial charge in [-0.1, -0.05) is 19.3 Å². The van der Waals surface area contributed by atoms with E-state index >= 15 is 0 Å². The number of carbonyl (C=O) groups excluding carboxylic acids is 7. The first-order chi connectivity index (χ1) is 29.7. The van der Waals surface area contributed by atoms with E-state index in [0.29, 0.717) is 70.2 Å². The summed E-state index contributed by atoms with van der Waals surface area (Å²) >= 11 is 1.66. The molecule has 8 aliphatic rings. The van der Waals surface area contributed by atoms with E-state index in [1.807, 2.05) is 4.90 Å². The highest BCUT2D eigenvalue weighted by Gasteiger charge is 2.54. The Labute approximate surface area is 367 Å². The zero-order valence-electron chi connectivity index (χ0n) is 35.6. The first-order valence-corrected chi connectivity index (χ1v) is 25.8. The van der Waals surface area contributed by atoms with Crippen LogP contribution in [-0.2, 0) is 53.1 Å². The molecule has 344 valence electrons. The van der Waals surface area contributed by atoms with Gasteiger partial charge in [-0.25, -0.2) is 12.7 Å². The number of hydrogen-bond donors (Lipinski definition) is 4. The molecule has 3 saturated carbocycles. The van der Waals surface area contributed by atoms with Crippen LogP contribution in [0, 0.1) is 35.5 Å². The Bertz CT molecular complexity index is 1850. The first kappa shape index (κ1) is 45.4. The summed E-state index contributed by atoms with van der Waals surface area (Å²) in [6, 6.07) is -1.57. The number of fused-ring (bicyclic) bond motifs is 1. The summed E-state index contributed by atoms with van der Waals surface area (Å²) in [7, 11) is -3.43. The summed E-state index contributed by atoms with van der Waals surface area (Å²) < 4.78 is 37.9. The third-order valence-electron chi connectivity index (χ3n) is 14.7. The summed E-state index contributed by atoms with van der Waals surface area (Å²) in [5, 5.41) is 11.8. The van der Waals surface area contributed by atoms with Crippen molar-refractivity contribution in [1.82, 2.24) is 35.4 Å². The Hall–Kier alpha value is -3.17. The molecule has 5 aliphatic heterocycles. The Morgan fingerprint density at radius 1 is 0.855 bits per heavy atom. The van der Waals surface area contributed by atoms with Crippen molar-refractivity contribution in [3.8, 4) is 0 Å². The second-order valence-corrected chi connectivity index (χ2v) is 22.1. The van der Waals surface area contributed by atoms with E-state index in [2.05, 4.69) is 21.3 Å². The molecule has 0 aromatic rings. The van der Waals surface area contributed by atoms with Gasteiger partial charge in [-0.15, -0.1) is 11.8 Å². The molecule has 8 atom stereocenters. The summed E-state index contributed by atoms with van der Waals surface area (Å²) in [6.07, 6.45) is 12.0. The van der Waals surface area contributed by atoms with E-state index in [4.69, 9.17) is 9.47 Å². The predicted molar refractivity (Wildman–Crippen MR) is 225 cm³/mol. The third-order valence-corrected chi connectivity index (χ3v) is 17.1. The number of nitrogens with one attached hydrogen (secondary N) is 4. The zero-order chi connectivity index (χ0) is 43.7. The van der Waals surface area contributed by atoms with E-state index in [9.17, 15) is 42.0 Å². The van der Waals surface area contributed by atoms with E-state index in [1.165, 1.54) is 36.4 Å². The number of sulfonamides is 1. The fourth-order valence-corrected chi connectivity index (χ4v) is 13.1. The minimum Gasteiger partial charge on any atom is -0.378 e. The van der Waals surface area contributed by atoms with Crippen LogP contribution < -0.4 is 21.3 Å². The molecule has 7 unspecified atom stereocenters. The number of thioether (sulfide) groups is 1. The van der Waals surface area contributed by atoms with Gasteiger partial charge < -0.3 is 25.0 Å². The number of ether oxygens (including phenoxy) is 2. The number of nitrogens with zero attached hydrogens (tertiary/aromatic N) is 3. The molecular weight excluding hydrogens is 843 g/mol. The number of amides is 7. The zero-order valence-corrected chi connectivity index (χ0v) is 37.3. The normalized spacial score (nSPS) is 34.4. The molecule has 8 fully saturated rings. The molecule has 5 saturated heterocycles. The number of carbonyl (C=O) groups is 7. The molecule has 0 spiro atoms. The van der Waals surface area contributed by atoms with Crippen molar-refractivity contribution in [3.05, 3.63) is 0 Å². The van der Waals surface area contributed by atoms with Crippen molar-refractivity contribution in [1.29, 1.82) is 0 Å². The Balaban J connectivity index is 0.758. The lowest BCUT2D eigenvalue weighted by Crippen LogP contribution is -2.57. The molecule has 7 amide bonds. The number of hydrogen-bond acceptors (Lipinski definition) is 13. The van der Waals surface area contributed by atoms with Crippen LogP contribution >= 0.6 is 11.8 Å². The van der Waals surface area contributed by atoms with Gasteiger partial charge in [0.1, 0.15) is 17.6 Å².